The molecule has 0 aromatic carbocycles. The summed E-state index contributed by atoms with van der Waals surface area (Å²) < 4.78 is 16.8. The Morgan fingerprint density at radius 3 is 0.846 bits per heavy atom. The summed E-state index contributed by atoms with van der Waals surface area (Å²) in [6, 6.07) is 0. The van der Waals surface area contributed by atoms with E-state index < -0.39 is 6.10 Å². The van der Waals surface area contributed by atoms with E-state index in [1.54, 1.807) is 0 Å². The Balaban J connectivity index is 4.44. The summed E-state index contributed by atoms with van der Waals surface area (Å²) in [7, 11) is 0. The molecule has 0 unspecified atom stereocenters. The molecule has 0 aliphatic carbocycles. The number of hydrogen-bond acceptors (Lipinski definition) is 6. The average molecular weight is 907 g/mol. The standard InChI is InChI=1S/C59H102O6/c1-4-7-10-13-16-19-22-25-28-29-32-34-37-40-43-46-49-52-58(61)64-55-56(65-59(62)53-50-47-44-41-38-35-31-27-24-21-18-15-12-9-6-3)54-63-57(60)51-48-45-42-39-36-33-30-26-23-20-17-14-11-8-5-2/h16-21,25-28,30-31,56H,4-15,22-24,29,32-55H2,1-3H3/b19-16-,20-17-,21-18-,28-25-,30-26-,31-27-/t56-/m0/s1. The molecule has 0 heterocycles. The van der Waals surface area contributed by atoms with Crippen LogP contribution in [-0.4, -0.2) is 37.2 Å². The largest absolute Gasteiger partial charge is 0.462 e. The number of carbonyl (C=O) groups is 3. The second-order valence-corrected chi connectivity index (χ2v) is 18.1. The fourth-order valence-electron chi connectivity index (χ4n) is 7.47. The van der Waals surface area contributed by atoms with Gasteiger partial charge in [-0.15, -0.1) is 0 Å². The highest BCUT2D eigenvalue weighted by Gasteiger charge is 2.19. The van der Waals surface area contributed by atoms with Gasteiger partial charge < -0.3 is 14.2 Å². The fraction of sp³-hybridized carbons (Fsp3) is 0.746. The smallest absolute Gasteiger partial charge is 0.306 e. The van der Waals surface area contributed by atoms with Crippen LogP contribution in [0.25, 0.3) is 0 Å². The molecule has 0 radical (unpaired) electrons. The summed E-state index contributed by atoms with van der Waals surface area (Å²) in [6.45, 7) is 6.54. The van der Waals surface area contributed by atoms with Gasteiger partial charge in [0.05, 0.1) is 0 Å². The van der Waals surface area contributed by atoms with Crippen molar-refractivity contribution >= 4 is 17.9 Å². The molecule has 0 bridgehead atoms. The molecule has 65 heavy (non-hydrogen) atoms. The second kappa shape index (κ2) is 53.5. The van der Waals surface area contributed by atoms with E-state index in [-0.39, 0.29) is 31.1 Å². The van der Waals surface area contributed by atoms with Gasteiger partial charge in [-0.05, 0) is 116 Å². The van der Waals surface area contributed by atoms with Crippen LogP contribution in [-0.2, 0) is 28.6 Å². The van der Waals surface area contributed by atoms with E-state index in [0.717, 1.165) is 116 Å². The first-order valence-electron chi connectivity index (χ1n) is 27.4. The van der Waals surface area contributed by atoms with Crippen molar-refractivity contribution < 1.29 is 28.6 Å². The van der Waals surface area contributed by atoms with Crippen LogP contribution in [0.15, 0.2) is 72.9 Å². The second-order valence-electron chi connectivity index (χ2n) is 18.1. The monoisotopic (exact) mass is 907 g/mol. The highest BCUT2D eigenvalue weighted by Crippen LogP contribution is 2.14. The molecule has 0 aromatic rings. The molecular formula is C59H102O6. The maximum atomic E-state index is 12.8. The highest BCUT2D eigenvalue weighted by molar-refractivity contribution is 5.71. The van der Waals surface area contributed by atoms with Gasteiger partial charge in [0.2, 0.25) is 0 Å². The van der Waals surface area contributed by atoms with E-state index in [1.807, 2.05) is 0 Å². The Labute approximate surface area is 402 Å². The number of allylic oxidation sites excluding steroid dienone is 12. The molecule has 0 rings (SSSR count). The van der Waals surface area contributed by atoms with E-state index >= 15 is 0 Å². The van der Waals surface area contributed by atoms with Crippen LogP contribution < -0.4 is 0 Å². The molecular weight excluding hydrogens is 805 g/mol. The zero-order valence-electron chi connectivity index (χ0n) is 42.7. The maximum absolute atomic E-state index is 12.8. The molecule has 0 saturated carbocycles. The van der Waals surface area contributed by atoms with Crippen LogP contribution in [0.5, 0.6) is 0 Å². The van der Waals surface area contributed by atoms with E-state index in [2.05, 4.69) is 93.7 Å². The predicted molar refractivity (Wildman–Crippen MR) is 279 cm³/mol. The first-order valence-corrected chi connectivity index (χ1v) is 27.4. The molecule has 0 saturated heterocycles. The van der Waals surface area contributed by atoms with Gasteiger partial charge >= 0.3 is 17.9 Å². The third-order valence-electron chi connectivity index (χ3n) is 11.7. The van der Waals surface area contributed by atoms with Crippen LogP contribution >= 0.6 is 0 Å². The fourth-order valence-corrected chi connectivity index (χ4v) is 7.47. The Morgan fingerprint density at radius 1 is 0.308 bits per heavy atom. The molecule has 6 heteroatoms. The van der Waals surface area contributed by atoms with Gasteiger partial charge in [-0.1, -0.05) is 203 Å². The number of unbranched alkanes of at least 4 members (excludes halogenated alkanes) is 26. The van der Waals surface area contributed by atoms with Gasteiger partial charge in [-0.25, -0.2) is 0 Å². The molecule has 0 aromatic heterocycles. The first-order chi connectivity index (χ1) is 32.0. The highest BCUT2D eigenvalue weighted by atomic mass is 16.6. The molecule has 1 atom stereocenters. The lowest BCUT2D eigenvalue weighted by atomic mass is 10.1. The Kier molecular flexibility index (Phi) is 50.9. The summed E-state index contributed by atoms with van der Waals surface area (Å²) in [5.41, 5.74) is 0. The lowest BCUT2D eigenvalue weighted by Gasteiger charge is -2.18. The number of rotatable bonds is 49. The molecule has 0 spiro atoms. The average Bonchev–Trinajstić information content (AvgIpc) is 3.30. The first kappa shape index (κ1) is 61.9. The molecule has 374 valence electrons. The van der Waals surface area contributed by atoms with Gasteiger partial charge in [-0.3, -0.25) is 14.4 Å². The summed E-state index contributed by atoms with van der Waals surface area (Å²) in [4.78, 5) is 38.1. The summed E-state index contributed by atoms with van der Waals surface area (Å²) >= 11 is 0. The summed E-state index contributed by atoms with van der Waals surface area (Å²) in [5, 5.41) is 0. The van der Waals surface area contributed by atoms with Crippen molar-refractivity contribution in [1.29, 1.82) is 0 Å². The van der Waals surface area contributed by atoms with Crippen molar-refractivity contribution in [3.63, 3.8) is 0 Å². The minimum absolute atomic E-state index is 0.0899. The van der Waals surface area contributed by atoms with Crippen molar-refractivity contribution in [3.05, 3.63) is 72.9 Å². The summed E-state index contributed by atoms with van der Waals surface area (Å²) in [5.74, 6) is -0.921. The van der Waals surface area contributed by atoms with E-state index in [1.165, 1.54) is 109 Å². The van der Waals surface area contributed by atoms with Gasteiger partial charge in [0.15, 0.2) is 6.10 Å². The molecule has 6 nitrogen and oxygen atoms in total. The molecule has 0 N–H and O–H groups in total. The van der Waals surface area contributed by atoms with Crippen molar-refractivity contribution in [1.82, 2.24) is 0 Å². The third kappa shape index (κ3) is 51.7. The summed E-state index contributed by atoms with van der Waals surface area (Å²) in [6.07, 6.45) is 67.3. The maximum Gasteiger partial charge on any atom is 0.306 e. The van der Waals surface area contributed by atoms with Gasteiger partial charge in [0.1, 0.15) is 13.2 Å². The molecule has 0 aliphatic heterocycles. The lowest BCUT2D eigenvalue weighted by molar-refractivity contribution is -0.167. The lowest BCUT2D eigenvalue weighted by Crippen LogP contribution is -2.30. The zero-order valence-corrected chi connectivity index (χ0v) is 42.7. The SMILES string of the molecule is CCCCC/C=C\C/C=C\CCCCCCCCCC(=O)OC[C@H](COC(=O)CCCCCCC/C=C\C/C=C\CCCCC)OC(=O)CCCCCCC/C=C\C/C=C\CCCCC. The minimum Gasteiger partial charge on any atom is -0.462 e. The minimum atomic E-state index is -0.792. The van der Waals surface area contributed by atoms with Crippen LogP contribution in [0.4, 0.5) is 0 Å². The number of esters is 3. The van der Waals surface area contributed by atoms with Crippen LogP contribution in [0, 0.1) is 0 Å². The Bertz CT molecular complexity index is 1230. The van der Waals surface area contributed by atoms with Crippen molar-refractivity contribution in [3.8, 4) is 0 Å². The van der Waals surface area contributed by atoms with Crippen LogP contribution in [0.1, 0.15) is 265 Å². The van der Waals surface area contributed by atoms with Gasteiger partial charge in [0, 0.05) is 19.3 Å². The van der Waals surface area contributed by atoms with E-state index in [9.17, 15) is 14.4 Å². The van der Waals surface area contributed by atoms with Crippen molar-refractivity contribution in [2.75, 3.05) is 13.2 Å². The molecule has 0 amide bonds. The number of hydrogen-bond donors (Lipinski definition) is 0. The topological polar surface area (TPSA) is 78.9 Å². The van der Waals surface area contributed by atoms with E-state index in [4.69, 9.17) is 14.2 Å². The van der Waals surface area contributed by atoms with Crippen LogP contribution in [0.2, 0.25) is 0 Å². The normalized spacial score (nSPS) is 12.6. The molecule has 0 fully saturated rings. The predicted octanol–water partition coefficient (Wildman–Crippen LogP) is 18.2. The van der Waals surface area contributed by atoms with Gasteiger partial charge in [0.25, 0.3) is 0 Å². The number of ether oxygens (including phenoxy) is 3. The number of carbonyl (C=O) groups excluding carboxylic acids is 3. The third-order valence-corrected chi connectivity index (χ3v) is 11.7. The Hall–Kier alpha value is -3.15. The quantitative estimate of drug-likeness (QED) is 0.0262. The van der Waals surface area contributed by atoms with Gasteiger partial charge in [-0.2, -0.15) is 0 Å². The van der Waals surface area contributed by atoms with E-state index in [0.29, 0.717) is 19.3 Å². The zero-order chi connectivity index (χ0) is 47.2. The van der Waals surface area contributed by atoms with Crippen molar-refractivity contribution in [2.45, 2.75) is 271 Å². The van der Waals surface area contributed by atoms with Crippen molar-refractivity contribution in [2.24, 2.45) is 0 Å². The molecule has 0 aliphatic rings. The van der Waals surface area contributed by atoms with Crippen LogP contribution in [0.3, 0.4) is 0 Å². The Morgan fingerprint density at radius 2 is 0.554 bits per heavy atom.